The zero-order valence-electron chi connectivity index (χ0n) is 18.2. The lowest BCUT2D eigenvalue weighted by Crippen LogP contribution is -3.10. The van der Waals surface area contributed by atoms with E-state index in [1.807, 2.05) is 60.7 Å². The van der Waals surface area contributed by atoms with Crippen molar-refractivity contribution in [3.63, 3.8) is 0 Å². The topological polar surface area (TPSA) is 95.8 Å². The summed E-state index contributed by atoms with van der Waals surface area (Å²) in [6, 6.07) is 19.5. The maximum Gasteiger partial charge on any atom is 0.214 e. The van der Waals surface area contributed by atoms with Gasteiger partial charge in [-0.05, 0) is 36.0 Å². The third-order valence-electron chi connectivity index (χ3n) is 5.43. The molecule has 8 nitrogen and oxygen atoms in total. The summed E-state index contributed by atoms with van der Waals surface area (Å²) in [5, 5.41) is 20.5. The van der Waals surface area contributed by atoms with Crippen LogP contribution < -0.4 is 25.2 Å². The second kappa shape index (κ2) is 9.14. The fourth-order valence-corrected chi connectivity index (χ4v) is 4.82. The maximum absolute atomic E-state index is 12.8. The number of fused-ring (bicyclic) bond motifs is 2. The highest BCUT2D eigenvalue weighted by molar-refractivity contribution is 8.00. The van der Waals surface area contributed by atoms with Crippen molar-refractivity contribution in [1.82, 2.24) is 9.97 Å². The molecule has 2 unspecified atom stereocenters. The van der Waals surface area contributed by atoms with Crippen LogP contribution in [0, 0.1) is 5.21 Å². The first-order valence-corrected chi connectivity index (χ1v) is 11.3. The molecule has 0 saturated carbocycles. The van der Waals surface area contributed by atoms with Gasteiger partial charge in [-0.2, -0.15) is 0 Å². The number of rotatable bonds is 7. The van der Waals surface area contributed by atoms with Gasteiger partial charge in [0.1, 0.15) is 18.7 Å². The molecule has 1 aromatic heterocycles. The molecule has 0 saturated heterocycles. The van der Waals surface area contributed by atoms with Crippen LogP contribution in [0.25, 0.3) is 10.9 Å². The van der Waals surface area contributed by atoms with E-state index < -0.39 is 0 Å². The number of aromatic nitrogens is 2. The Labute approximate surface area is 195 Å². The van der Waals surface area contributed by atoms with Gasteiger partial charge in [-0.1, -0.05) is 30.3 Å². The van der Waals surface area contributed by atoms with Crippen LogP contribution in [0.15, 0.2) is 71.9 Å². The molecule has 1 aliphatic rings. The fraction of sp³-hybridized carbons (Fsp3) is 0.167. The highest BCUT2D eigenvalue weighted by Gasteiger charge is 2.27. The van der Waals surface area contributed by atoms with E-state index in [4.69, 9.17) is 9.47 Å². The number of benzene rings is 3. The number of anilines is 3. The van der Waals surface area contributed by atoms with E-state index in [0.717, 1.165) is 32.7 Å². The summed E-state index contributed by atoms with van der Waals surface area (Å²) in [4.78, 5) is 9.81. The Morgan fingerprint density at radius 3 is 2.61 bits per heavy atom. The molecular weight excluding hydrogens is 438 g/mol. The van der Waals surface area contributed by atoms with Crippen LogP contribution in [-0.2, 0) is 6.54 Å². The largest absolute Gasteiger partial charge is 0.632 e. The van der Waals surface area contributed by atoms with Gasteiger partial charge < -0.3 is 30.4 Å². The van der Waals surface area contributed by atoms with Crippen molar-refractivity contribution < 1.29 is 14.5 Å². The Morgan fingerprint density at radius 1 is 1.03 bits per heavy atom. The number of hydroxylamine groups is 2. The minimum Gasteiger partial charge on any atom is -0.632 e. The molecular formula is C24H23N5O3S. The Kier molecular flexibility index (Phi) is 5.91. The first kappa shape index (κ1) is 21.3. The number of methoxy groups -OCH3 is 2. The molecule has 0 spiro atoms. The lowest BCUT2D eigenvalue weighted by Gasteiger charge is -2.28. The smallest absolute Gasteiger partial charge is 0.214 e. The molecule has 33 heavy (non-hydrogen) atoms. The van der Waals surface area contributed by atoms with Gasteiger partial charge in [-0.15, -0.1) is 0 Å². The highest BCUT2D eigenvalue weighted by atomic mass is 32.2. The minimum absolute atomic E-state index is 0.153. The third-order valence-corrected chi connectivity index (χ3v) is 6.65. The molecule has 0 radical (unpaired) electrons. The highest BCUT2D eigenvalue weighted by Crippen LogP contribution is 2.39. The Bertz CT molecular complexity index is 1290. The van der Waals surface area contributed by atoms with Gasteiger partial charge >= 0.3 is 0 Å². The molecule has 0 amide bonds. The zero-order valence-corrected chi connectivity index (χ0v) is 19.0. The van der Waals surface area contributed by atoms with E-state index in [1.165, 1.54) is 6.33 Å². The van der Waals surface area contributed by atoms with Gasteiger partial charge in [0.15, 0.2) is 11.5 Å². The summed E-state index contributed by atoms with van der Waals surface area (Å²) in [7, 11) is 3.19. The van der Waals surface area contributed by atoms with Gasteiger partial charge in [0.05, 0.1) is 25.4 Å². The average Bonchev–Trinajstić information content (AvgIpc) is 3.28. The van der Waals surface area contributed by atoms with Crippen LogP contribution in [0.4, 0.5) is 17.2 Å². The fourth-order valence-electron chi connectivity index (χ4n) is 3.78. The summed E-state index contributed by atoms with van der Waals surface area (Å²) in [5.41, 5.74) is 3.24. The van der Waals surface area contributed by atoms with Gasteiger partial charge in [0, 0.05) is 27.6 Å². The van der Waals surface area contributed by atoms with Crippen molar-refractivity contribution in [2.75, 3.05) is 24.9 Å². The number of hydrogen-bond donors (Lipinski definition) is 3. The molecule has 4 aromatic rings. The van der Waals surface area contributed by atoms with Crippen molar-refractivity contribution in [2.24, 2.45) is 0 Å². The minimum atomic E-state index is -0.299. The van der Waals surface area contributed by atoms with Crippen molar-refractivity contribution in [1.29, 1.82) is 0 Å². The number of thioether (sulfide) groups is 1. The van der Waals surface area contributed by atoms with Gasteiger partial charge in [-0.3, -0.25) is 0 Å². The molecule has 5 rings (SSSR count). The SMILES string of the molecule is COc1cc2ncnc(Nc3ccc4c(c3)NC([NH+]([O-])Cc3ccccc3)S4)c2cc1OC. The maximum atomic E-state index is 12.8. The monoisotopic (exact) mass is 461 g/mol. The van der Waals surface area contributed by atoms with Crippen molar-refractivity contribution in [3.05, 3.63) is 77.8 Å². The van der Waals surface area contributed by atoms with Gasteiger partial charge in [-0.25, -0.2) is 9.97 Å². The van der Waals surface area contributed by atoms with Crippen LogP contribution in [0.1, 0.15) is 5.56 Å². The average molecular weight is 462 g/mol. The lowest BCUT2D eigenvalue weighted by molar-refractivity contribution is -0.869. The van der Waals surface area contributed by atoms with E-state index in [1.54, 1.807) is 26.0 Å². The van der Waals surface area contributed by atoms with Crippen LogP contribution in [0.5, 0.6) is 11.5 Å². The standard InChI is InChI=1S/C24H23N5O3S/c1-31-20-11-17-18(12-21(20)32-2)25-14-26-23(17)27-16-8-9-22-19(10-16)28-24(33-22)29(30)13-15-6-4-3-5-7-15/h3-12,14,24,28-29H,13H2,1-2H3,(H,25,26,27). The van der Waals surface area contributed by atoms with E-state index in [9.17, 15) is 5.21 Å². The first-order chi connectivity index (χ1) is 16.1. The van der Waals surface area contributed by atoms with E-state index in [2.05, 4.69) is 20.6 Å². The van der Waals surface area contributed by atoms with E-state index >= 15 is 0 Å². The van der Waals surface area contributed by atoms with E-state index in [-0.39, 0.29) is 10.6 Å². The number of ether oxygens (including phenoxy) is 2. The predicted octanol–water partition coefficient (Wildman–Crippen LogP) is 3.77. The molecule has 2 atom stereocenters. The zero-order chi connectivity index (χ0) is 22.8. The Balaban J connectivity index is 1.35. The van der Waals surface area contributed by atoms with Crippen LogP contribution >= 0.6 is 11.8 Å². The summed E-state index contributed by atoms with van der Waals surface area (Å²) in [6.45, 7) is 0.406. The summed E-state index contributed by atoms with van der Waals surface area (Å²) >= 11 is 1.55. The van der Waals surface area contributed by atoms with Gasteiger partial charge in [0.2, 0.25) is 5.50 Å². The van der Waals surface area contributed by atoms with Crippen LogP contribution in [0.3, 0.4) is 0 Å². The van der Waals surface area contributed by atoms with Gasteiger partial charge in [0.25, 0.3) is 0 Å². The summed E-state index contributed by atoms with van der Waals surface area (Å²) in [5.74, 6) is 1.87. The molecule has 168 valence electrons. The molecule has 0 bridgehead atoms. The first-order valence-electron chi connectivity index (χ1n) is 10.4. The Morgan fingerprint density at radius 2 is 1.82 bits per heavy atom. The van der Waals surface area contributed by atoms with Crippen molar-refractivity contribution >= 4 is 39.9 Å². The molecule has 2 heterocycles. The Hall–Kier alpha value is -3.53. The molecule has 0 aliphatic carbocycles. The second-order valence-corrected chi connectivity index (χ2v) is 8.70. The lowest BCUT2D eigenvalue weighted by atomic mass is 10.2. The second-order valence-electron chi connectivity index (χ2n) is 7.55. The quantitative estimate of drug-likeness (QED) is 0.358. The number of hydrogen-bond acceptors (Lipinski definition) is 8. The molecule has 3 aromatic carbocycles. The molecule has 1 aliphatic heterocycles. The van der Waals surface area contributed by atoms with Crippen LogP contribution in [0.2, 0.25) is 0 Å². The number of nitrogens with zero attached hydrogens (tertiary/aromatic N) is 2. The van der Waals surface area contributed by atoms with Crippen molar-refractivity contribution in [2.45, 2.75) is 16.9 Å². The van der Waals surface area contributed by atoms with E-state index in [0.29, 0.717) is 23.9 Å². The molecule has 0 fully saturated rings. The molecule has 9 heteroatoms. The predicted molar refractivity (Wildman–Crippen MR) is 130 cm³/mol. The number of quaternary nitrogens is 1. The van der Waals surface area contributed by atoms with Crippen LogP contribution in [-0.4, -0.2) is 29.7 Å². The normalized spacial score (nSPS) is 15.5. The summed E-state index contributed by atoms with van der Waals surface area (Å²) in [6.07, 6.45) is 1.51. The number of nitrogens with one attached hydrogen (secondary N) is 3. The molecule has 3 N–H and O–H groups in total. The van der Waals surface area contributed by atoms with Crippen molar-refractivity contribution in [3.8, 4) is 11.5 Å². The third kappa shape index (κ3) is 4.38. The summed E-state index contributed by atoms with van der Waals surface area (Å²) < 4.78 is 10.8.